The van der Waals surface area contributed by atoms with Crippen LogP contribution in [-0.2, 0) is 11.2 Å². The van der Waals surface area contributed by atoms with Crippen molar-refractivity contribution in [3.63, 3.8) is 0 Å². The van der Waals surface area contributed by atoms with E-state index in [-0.39, 0.29) is 11.3 Å². The molecule has 2 aromatic carbocycles. The van der Waals surface area contributed by atoms with Crippen LogP contribution in [0.4, 0.5) is 0 Å². The molecule has 27 heavy (non-hydrogen) atoms. The molecule has 0 aliphatic heterocycles. The van der Waals surface area contributed by atoms with Crippen molar-refractivity contribution in [2.24, 2.45) is 0 Å². The quantitative estimate of drug-likeness (QED) is 0.605. The Morgan fingerprint density at radius 1 is 1.19 bits per heavy atom. The van der Waals surface area contributed by atoms with E-state index in [1.165, 1.54) is 29.2 Å². The third-order valence-electron chi connectivity index (χ3n) is 4.51. The van der Waals surface area contributed by atoms with Gasteiger partial charge in [-0.1, -0.05) is 73.6 Å². The Morgan fingerprint density at radius 3 is 2.74 bits per heavy atom. The van der Waals surface area contributed by atoms with E-state index in [9.17, 15) is 4.79 Å². The fourth-order valence-corrected chi connectivity index (χ4v) is 3.63. The summed E-state index contributed by atoms with van der Waals surface area (Å²) in [5, 5.41) is 10.5. The number of hydrogen-bond acceptors (Lipinski definition) is 4. The van der Waals surface area contributed by atoms with Gasteiger partial charge >= 0.3 is 0 Å². The molecule has 0 radical (unpaired) electrons. The number of benzene rings is 2. The lowest BCUT2D eigenvalue weighted by atomic mass is 9.84. The van der Waals surface area contributed by atoms with Gasteiger partial charge in [-0.25, -0.2) is 4.98 Å². The van der Waals surface area contributed by atoms with E-state index in [1.54, 1.807) is 0 Å². The SMILES string of the molecule is Cc1cccc(C(C)(C)CNC(=O)c2ccccc2CSc2ncn[nH]2)c1. The largest absolute Gasteiger partial charge is 0.351 e. The standard InChI is InChI=1S/C21H24N4OS/c1-15-7-6-9-17(11-15)21(2,3)13-22-19(26)18-10-5-4-8-16(18)12-27-20-23-14-24-25-20/h4-11,14H,12-13H2,1-3H3,(H,22,26)(H,23,24,25). The molecule has 0 unspecified atom stereocenters. The first-order valence-electron chi connectivity index (χ1n) is 8.87. The van der Waals surface area contributed by atoms with Gasteiger partial charge in [-0.05, 0) is 24.1 Å². The zero-order chi connectivity index (χ0) is 19.3. The van der Waals surface area contributed by atoms with Crippen LogP contribution in [0.1, 0.15) is 40.9 Å². The van der Waals surface area contributed by atoms with Gasteiger partial charge in [0.05, 0.1) is 0 Å². The van der Waals surface area contributed by atoms with Crippen molar-refractivity contribution in [3.05, 3.63) is 77.1 Å². The van der Waals surface area contributed by atoms with Gasteiger partial charge in [0.15, 0.2) is 5.16 Å². The van der Waals surface area contributed by atoms with Crippen LogP contribution in [0.5, 0.6) is 0 Å². The highest BCUT2D eigenvalue weighted by Gasteiger charge is 2.22. The summed E-state index contributed by atoms with van der Waals surface area (Å²) in [6.07, 6.45) is 1.48. The van der Waals surface area contributed by atoms with Crippen LogP contribution in [0.25, 0.3) is 0 Å². The van der Waals surface area contributed by atoms with Crippen molar-refractivity contribution < 1.29 is 4.79 Å². The molecule has 0 saturated carbocycles. The van der Waals surface area contributed by atoms with Gasteiger partial charge in [-0.2, -0.15) is 5.10 Å². The molecule has 1 aromatic heterocycles. The summed E-state index contributed by atoms with van der Waals surface area (Å²) >= 11 is 1.52. The molecule has 0 fully saturated rings. The van der Waals surface area contributed by atoms with E-state index in [4.69, 9.17) is 0 Å². The van der Waals surface area contributed by atoms with Crippen LogP contribution in [0.15, 0.2) is 60.0 Å². The molecule has 1 amide bonds. The molecule has 0 bridgehead atoms. The molecule has 0 saturated heterocycles. The summed E-state index contributed by atoms with van der Waals surface area (Å²) in [4.78, 5) is 16.9. The molecule has 6 heteroatoms. The highest BCUT2D eigenvalue weighted by molar-refractivity contribution is 7.98. The molecule has 3 rings (SSSR count). The minimum atomic E-state index is -0.148. The Hall–Kier alpha value is -2.60. The van der Waals surface area contributed by atoms with E-state index < -0.39 is 0 Å². The minimum Gasteiger partial charge on any atom is -0.351 e. The van der Waals surface area contributed by atoms with Crippen molar-refractivity contribution in [2.75, 3.05) is 6.54 Å². The van der Waals surface area contributed by atoms with Crippen LogP contribution in [0.3, 0.4) is 0 Å². The van der Waals surface area contributed by atoms with Crippen LogP contribution in [0.2, 0.25) is 0 Å². The topological polar surface area (TPSA) is 70.7 Å². The first kappa shape index (κ1) is 19.2. The monoisotopic (exact) mass is 380 g/mol. The zero-order valence-corrected chi connectivity index (χ0v) is 16.6. The van der Waals surface area contributed by atoms with Crippen LogP contribution in [-0.4, -0.2) is 27.6 Å². The van der Waals surface area contributed by atoms with Gasteiger partial charge in [0.1, 0.15) is 6.33 Å². The smallest absolute Gasteiger partial charge is 0.251 e. The average molecular weight is 381 g/mol. The predicted octanol–water partition coefficient (Wildman–Crippen LogP) is 4.11. The van der Waals surface area contributed by atoms with Crippen LogP contribution in [0, 0.1) is 6.92 Å². The molecule has 2 N–H and O–H groups in total. The first-order valence-corrected chi connectivity index (χ1v) is 9.86. The van der Waals surface area contributed by atoms with Gasteiger partial charge in [0, 0.05) is 23.3 Å². The number of aromatic nitrogens is 3. The average Bonchev–Trinajstić information content (AvgIpc) is 3.18. The normalized spacial score (nSPS) is 11.4. The van der Waals surface area contributed by atoms with Crippen molar-refractivity contribution >= 4 is 17.7 Å². The molecule has 0 atom stereocenters. The summed E-state index contributed by atoms with van der Waals surface area (Å²) in [5.41, 5.74) is 3.97. The zero-order valence-electron chi connectivity index (χ0n) is 15.8. The fraction of sp³-hybridized carbons (Fsp3) is 0.286. The van der Waals surface area contributed by atoms with Crippen LogP contribution < -0.4 is 5.32 Å². The van der Waals surface area contributed by atoms with Gasteiger partial charge in [-0.3, -0.25) is 9.89 Å². The summed E-state index contributed by atoms with van der Waals surface area (Å²) in [7, 11) is 0. The maximum absolute atomic E-state index is 12.8. The van der Waals surface area contributed by atoms with Gasteiger partial charge in [-0.15, -0.1) is 0 Å². The first-order chi connectivity index (χ1) is 13.0. The number of nitrogens with zero attached hydrogens (tertiary/aromatic N) is 2. The number of carbonyl (C=O) groups excluding carboxylic acids is 1. The number of thioether (sulfide) groups is 1. The lowest BCUT2D eigenvalue weighted by molar-refractivity contribution is 0.0945. The molecule has 0 spiro atoms. The maximum Gasteiger partial charge on any atom is 0.251 e. The Labute approximate surface area is 164 Å². The van der Waals surface area contributed by atoms with E-state index in [1.807, 2.05) is 24.3 Å². The van der Waals surface area contributed by atoms with Crippen molar-refractivity contribution in [3.8, 4) is 0 Å². The second-order valence-corrected chi connectivity index (χ2v) is 8.14. The minimum absolute atomic E-state index is 0.0514. The molecule has 0 aliphatic carbocycles. The summed E-state index contributed by atoms with van der Waals surface area (Å²) in [5.74, 6) is 0.601. The number of aromatic amines is 1. The molecule has 3 aromatic rings. The number of carbonyl (C=O) groups is 1. The molecular formula is C21H24N4OS. The lowest BCUT2D eigenvalue weighted by Crippen LogP contribution is -2.37. The number of aryl methyl sites for hydroxylation is 1. The highest BCUT2D eigenvalue weighted by atomic mass is 32.2. The fourth-order valence-electron chi connectivity index (χ4n) is 2.84. The second kappa shape index (κ2) is 8.39. The molecular weight excluding hydrogens is 356 g/mol. The third kappa shape index (κ3) is 4.98. The molecule has 1 heterocycles. The number of hydrogen-bond donors (Lipinski definition) is 2. The number of nitrogens with one attached hydrogen (secondary N) is 2. The highest BCUT2D eigenvalue weighted by Crippen LogP contribution is 2.24. The maximum atomic E-state index is 12.8. The second-order valence-electron chi connectivity index (χ2n) is 7.17. The Kier molecular flexibility index (Phi) is 5.96. The number of rotatable bonds is 7. The Balaban J connectivity index is 1.67. The number of amides is 1. The molecule has 5 nitrogen and oxygen atoms in total. The van der Waals surface area contributed by atoms with E-state index >= 15 is 0 Å². The van der Waals surface area contributed by atoms with Gasteiger partial charge in [0.25, 0.3) is 5.91 Å². The van der Waals surface area contributed by atoms with Crippen molar-refractivity contribution in [1.29, 1.82) is 0 Å². The lowest BCUT2D eigenvalue weighted by Gasteiger charge is -2.26. The summed E-state index contributed by atoms with van der Waals surface area (Å²) in [6, 6.07) is 16.1. The molecule has 140 valence electrons. The number of H-pyrrole nitrogens is 1. The van der Waals surface area contributed by atoms with Gasteiger partial charge in [0.2, 0.25) is 0 Å². The summed E-state index contributed by atoms with van der Waals surface area (Å²) < 4.78 is 0. The third-order valence-corrected chi connectivity index (χ3v) is 5.44. The molecule has 0 aliphatic rings. The summed E-state index contributed by atoms with van der Waals surface area (Å²) in [6.45, 7) is 6.95. The Bertz CT molecular complexity index is 906. The van der Waals surface area contributed by atoms with E-state index in [2.05, 4.69) is 65.5 Å². The van der Waals surface area contributed by atoms with Crippen LogP contribution >= 0.6 is 11.8 Å². The predicted molar refractivity (Wildman–Crippen MR) is 109 cm³/mol. The van der Waals surface area contributed by atoms with E-state index in [0.717, 1.165) is 10.7 Å². The Morgan fingerprint density at radius 2 is 2.00 bits per heavy atom. The van der Waals surface area contributed by atoms with Crippen molar-refractivity contribution in [2.45, 2.75) is 37.1 Å². The van der Waals surface area contributed by atoms with Gasteiger partial charge < -0.3 is 5.32 Å². The van der Waals surface area contributed by atoms with E-state index in [0.29, 0.717) is 17.9 Å². The van der Waals surface area contributed by atoms with Crippen molar-refractivity contribution in [1.82, 2.24) is 20.5 Å².